The van der Waals surface area contributed by atoms with Crippen LogP contribution in [0.25, 0.3) is 0 Å². The van der Waals surface area contributed by atoms with E-state index in [1.54, 1.807) is 18.2 Å². The minimum Gasteiger partial charge on any atom is -0.404 e. The van der Waals surface area contributed by atoms with E-state index in [0.29, 0.717) is 10.6 Å². The predicted octanol–water partition coefficient (Wildman–Crippen LogP) is 3.64. The lowest BCUT2D eigenvalue weighted by Gasteiger charge is -2.15. The van der Waals surface area contributed by atoms with Crippen LogP contribution in [-0.4, -0.2) is 26.4 Å². The van der Waals surface area contributed by atoms with Crippen molar-refractivity contribution in [3.8, 4) is 5.75 Å². The summed E-state index contributed by atoms with van der Waals surface area (Å²) in [6, 6.07) is 10.8. The zero-order chi connectivity index (χ0) is 19.4. The SMILES string of the molecule is O=S(=O)(NCC[C@@H](O)c1cccc(Cl)c1)c1ccccc1OC(F)(F)F. The number of alkyl halides is 3. The zero-order valence-corrected chi connectivity index (χ0v) is 14.8. The first-order valence-electron chi connectivity index (χ1n) is 7.36. The van der Waals surface area contributed by atoms with Crippen LogP contribution in [0, 0.1) is 0 Å². The highest BCUT2D eigenvalue weighted by Gasteiger charge is 2.33. The molecule has 0 saturated carbocycles. The molecular weight excluding hydrogens is 395 g/mol. The molecule has 5 nitrogen and oxygen atoms in total. The maximum absolute atomic E-state index is 12.4. The standard InChI is InChI=1S/C16H15ClF3NO4S/c17-12-5-3-4-11(10-12)13(22)8-9-21-26(23,24)15-7-2-1-6-14(15)25-16(18,19)20/h1-7,10,13,21-22H,8-9H2/t13-/m1/s1. The lowest BCUT2D eigenvalue weighted by molar-refractivity contribution is -0.275. The lowest BCUT2D eigenvalue weighted by Crippen LogP contribution is -2.27. The van der Waals surface area contributed by atoms with Crippen LogP contribution in [0.2, 0.25) is 5.02 Å². The molecule has 0 bridgehead atoms. The molecular formula is C16H15ClF3NO4S. The first-order valence-corrected chi connectivity index (χ1v) is 9.22. The van der Waals surface area contributed by atoms with Crippen molar-refractivity contribution in [1.29, 1.82) is 0 Å². The Hall–Kier alpha value is -1.81. The van der Waals surface area contributed by atoms with E-state index in [1.165, 1.54) is 18.2 Å². The predicted molar refractivity (Wildman–Crippen MR) is 89.3 cm³/mol. The summed E-state index contributed by atoms with van der Waals surface area (Å²) >= 11 is 5.82. The maximum Gasteiger partial charge on any atom is 0.573 e. The minimum absolute atomic E-state index is 0.00185. The molecule has 0 unspecified atom stereocenters. The number of hydrogen-bond donors (Lipinski definition) is 2. The van der Waals surface area contributed by atoms with Crippen molar-refractivity contribution in [3.63, 3.8) is 0 Å². The van der Waals surface area contributed by atoms with Crippen molar-refractivity contribution >= 4 is 21.6 Å². The summed E-state index contributed by atoms with van der Waals surface area (Å²) in [6.07, 6.45) is -6.01. The van der Waals surface area contributed by atoms with Gasteiger partial charge in [-0.3, -0.25) is 0 Å². The van der Waals surface area contributed by atoms with Crippen molar-refractivity contribution in [2.75, 3.05) is 6.54 Å². The smallest absolute Gasteiger partial charge is 0.404 e. The summed E-state index contributed by atoms with van der Waals surface area (Å²) in [5.74, 6) is -0.831. The fourth-order valence-electron chi connectivity index (χ4n) is 2.17. The van der Waals surface area contributed by atoms with E-state index >= 15 is 0 Å². The van der Waals surface area contributed by atoms with Gasteiger partial charge in [0.05, 0.1) is 6.10 Å². The monoisotopic (exact) mass is 409 g/mol. The second-order valence-corrected chi connectivity index (χ2v) is 7.42. The Morgan fingerprint density at radius 3 is 2.50 bits per heavy atom. The van der Waals surface area contributed by atoms with Gasteiger partial charge in [0, 0.05) is 11.6 Å². The summed E-state index contributed by atoms with van der Waals surface area (Å²) in [4.78, 5) is -0.644. The van der Waals surface area contributed by atoms with Crippen LogP contribution < -0.4 is 9.46 Å². The fraction of sp³-hybridized carbons (Fsp3) is 0.250. The van der Waals surface area contributed by atoms with E-state index < -0.39 is 33.1 Å². The number of para-hydroxylation sites is 1. The summed E-state index contributed by atoms with van der Waals surface area (Å²) < 4.78 is 67.6. The van der Waals surface area contributed by atoms with Crippen LogP contribution >= 0.6 is 11.6 Å². The first kappa shape index (κ1) is 20.5. The van der Waals surface area contributed by atoms with Crippen molar-refractivity contribution in [1.82, 2.24) is 4.72 Å². The molecule has 1 atom stereocenters. The van der Waals surface area contributed by atoms with E-state index in [1.807, 2.05) is 0 Å². The minimum atomic E-state index is -5.02. The van der Waals surface area contributed by atoms with Crippen LogP contribution in [-0.2, 0) is 10.0 Å². The Balaban J connectivity index is 2.05. The molecule has 0 aliphatic heterocycles. The molecule has 0 heterocycles. The summed E-state index contributed by atoms with van der Waals surface area (Å²) in [6.45, 7) is -0.198. The number of sulfonamides is 1. The van der Waals surface area contributed by atoms with Gasteiger partial charge in [-0.15, -0.1) is 13.2 Å². The molecule has 0 aromatic heterocycles. The van der Waals surface area contributed by atoms with Gasteiger partial charge in [-0.25, -0.2) is 13.1 Å². The molecule has 2 aromatic rings. The fourth-order valence-corrected chi connectivity index (χ4v) is 3.54. The molecule has 0 aliphatic carbocycles. The number of halogens is 4. The molecule has 26 heavy (non-hydrogen) atoms. The Labute approximate surface area is 153 Å². The topological polar surface area (TPSA) is 75.6 Å². The van der Waals surface area contributed by atoms with E-state index in [9.17, 15) is 26.7 Å². The maximum atomic E-state index is 12.4. The molecule has 2 rings (SSSR count). The van der Waals surface area contributed by atoms with Crippen molar-refractivity contribution < 1.29 is 31.4 Å². The van der Waals surface area contributed by atoms with Crippen LogP contribution in [0.5, 0.6) is 5.75 Å². The second kappa shape index (κ2) is 8.26. The highest BCUT2D eigenvalue weighted by Crippen LogP contribution is 2.29. The Morgan fingerprint density at radius 2 is 1.85 bits per heavy atom. The Bertz CT molecular complexity index is 859. The average molecular weight is 410 g/mol. The van der Waals surface area contributed by atoms with Crippen LogP contribution in [0.4, 0.5) is 13.2 Å². The third kappa shape index (κ3) is 5.87. The van der Waals surface area contributed by atoms with E-state index in [2.05, 4.69) is 9.46 Å². The summed E-state index contributed by atoms with van der Waals surface area (Å²) in [5.41, 5.74) is 0.498. The third-order valence-electron chi connectivity index (χ3n) is 3.31. The van der Waals surface area contributed by atoms with Gasteiger partial charge in [0.1, 0.15) is 10.6 Å². The first-order chi connectivity index (χ1) is 12.1. The number of nitrogens with one attached hydrogen (secondary N) is 1. The summed E-state index contributed by atoms with van der Waals surface area (Å²) in [7, 11) is -4.26. The number of rotatable bonds is 7. The van der Waals surface area contributed by atoms with Gasteiger partial charge >= 0.3 is 6.36 Å². The molecule has 0 fully saturated rings. The zero-order valence-electron chi connectivity index (χ0n) is 13.2. The number of benzene rings is 2. The molecule has 10 heteroatoms. The molecule has 0 spiro atoms. The van der Waals surface area contributed by atoms with Gasteiger partial charge in [-0.1, -0.05) is 35.9 Å². The lowest BCUT2D eigenvalue weighted by atomic mass is 10.1. The normalized spacial score (nSPS) is 13.4. The van der Waals surface area contributed by atoms with Crippen molar-refractivity contribution in [3.05, 3.63) is 59.1 Å². The van der Waals surface area contributed by atoms with Gasteiger partial charge < -0.3 is 9.84 Å². The van der Waals surface area contributed by atoms with E-state index in [0.717, 1.165) is 12.1 Å². The van der Waals surface area contributed by atoms with Gasteiger partial charge in [0.25, 0.3) is 0 Å². The molecule has 0 amide bonds. The highest BCUT2D eigenvalue weighted by atomic mass is 35.5. The largest absolute Gasteiger partial charge is 0.573 e. The number of hydrogen-bond acceptors (Lipinski definition) is 4. The third-order valence-corrected chi connectivity index (χ3v) is 5.04. The highest BCUT2D eigenvalue weighted by molar-refractivity contribution is 7.89. The van der Waals surface area contributed by atoms with Crippen LogP contribution in [0.15, 0.2) is 53.4 Å². The number of aliphatic hydroxyl groups is 1. The Kier molecular flexibility index (Phi) is 6.51. The molecule has 0 radical (unpaired) electrons. The molecule has 2 aromatic carbocycles. The second-order valence-electron chi connectivity index (χ2n) is 5.25. The van der Waals surface area contributed by atoms with E-state index in [4.69, 9.17) is 11.6 Å². The van der Waals surface area contributed by atoms with Crippen LogP contribution in [0.3, 0.4) is 0 Å². The molecule has 0 aliphatic rings. The van der Waals surface area contributed by atoms with Gasteiger partial charge in [-0.2, -0.15) is 0 Å². The molecule has 142 valence electrons. The number of aliphatic hydroxyl groups excluding tert-OH is 1. The molecule has 2 N–H and O–H groups in total. The average Bonchev–Trinajstić information content (AvgIpc) is 2.53. The van der Waals surface area contributed by atoms with E-state index in [-0.39, 0.29) is 13.0 Å². The van der Waals surface area contributed by atoms with Crippen molar-refractivity contribution in [2.24, 2.45) is 0 Å². The van der Waals surface area contributed by atoms with Crippen molar-refractivity contribution in [2.45, 2.75) is 23.8 Å². The quantitative estimate of drug-likeness (QED) is 0.732. The molecule has 0 saturated heterocycles. The Morgan fingerprint density at radius 1 is 1.15 bits per heavy atom. The van der Waals surface area contributed by atoms with Gasteiger partial charge in [0.2, 0.25) is 10.0 Å². The van der Waals surface area contributed by atoms with Crippen LogP contribution in [0.1, 0.15) is 18.1 Å². The number of ether oxygens (including phenoxy) is 1. The van der Waals surface area contributed by atoms with Gasteiger partial charge in [0.15, 0.2) is 0 Å². The van der Waals surface area contributed by atoms with Gasteiger partial charge in [-0.05, 0) is 36.2 Å². The summed E-state index contributed by atoms with van der Waals surface area (Å²) in [5, 5.41) is 10.5.